The summed E-state index contributed by atoms with van der Waals surface area (Å²) in [5, 5.41) is 9.05. The van der Waals surface area contributed by atoms with Crippen LogP contribution in [0, 0.1) is 0 Å². The Hall–Kier alpha value is -1.63. The third-order valence-corrected chi connectivity index (χ3v) is 4.21. The maximum atomic E-state index is 12.1. The van der Waals surface area contributed by atoms with E-state index in [1.807, 2.05) is 0 Å². The lowest BCUT2D eigenvalue weighted by atomic mass is 10.1. The number of hydrogen-bond acceptors (Lipinski definition) is 4. The Labute approximate surface area is 122 Å². The van der Waals surface area contributed by atoms with Crippen LogP contribution >= 0.6 is 11.6 Å². The molecule has 20 heavy (non-hydrogen) atoms. The van der Waals surface area contributed by atoms with E-state index < -0.39 is 10.0 Å². The molecule has 0 saturated carbocycles. The lowest BCUT2D eigenvalue weighted by molar-refractivity contribution is 0.299. The van der Waals surface area contributed by atoms with E-state index >= 15 is 0 Å². The largest absolute Gasteiger partial charge is 0.396 e. The van der Waals surface area contributed by atoms with E-state index in [-0.39, 0.29) is 16.7 Å². The van der Waals surface area contributed by atoms with Crippen molar-refractivity contribution in [1.29, 1.82) is 0 Å². The predicted octanol–water partition coefficient (Wildman–Crippen LogP) is 2.07. The minimum atomic E-state index is -3.68. The molecule has 0 fully saturated rings. The molecular formula is C13H13ClN2O3S. The van der Waals surface area contributed by atoms with Gasteiger partial charge in [0.05, 0.1) is 0 Å². The minimum absolute atomic E-state index is 0.0429. The van der Waals surface area contributed by atoms with Gasteiger partial charge in [-0.2, -0.15) is 0 Å². The smallest absolute Gasteiger partial charge is 0.263 e. The summed E-state index contributed by atoms with van der Waals surface area (Å²) in [6.07, 6.45) is 1.74. The van der Waals surface area contributed by atoms with Crippen LogP contribution in [-0.2, 0) is 16.4 Å². The van der Waals surface area contributed by atoms with Crippen LogP contribution in [0.25, 0.3) is 0 Å². The highest BCUT2D eigenvalue weighted by molar-refractivity contribution is 7.92. The monoisotopic (exact) mass is 312 g/mol. The molecule has 0 atom stereocenters. The van der Waals surface area contributed by atoms with Gasteiger partial charge in [-0.15, -0.1) is 0 Å². The molecule has 0 spiro atoms. The van der Waals surface area contributed by atoms with Gasteiger partial charge < -0.3 is 5.11 Å². The van der Waals surface area contributed by atoms with E-state index in [0.29, 0.717) is 12.1 Å². The van der Waals surface area contributed by atoms with Crippen LogP contribution in [0.2, 0.25) is 5.15 Å². The van der Waals surface area contributed by atoms with Gasteiger partial charge in [-0.25, -0.2) is 13.4 Å². The number of nitrogens with one attached hydrogen (secondary N) is 1. The number of halogens is 1. The quantitative estimate of drug-likeness (QED) is 0.828. The lowest BCUT2D eigenvalue weighted by Gasteiger charge is -2.08. The zero-order valence-corrected chi connectivity index (χ0v) is 12.0. The second-order valence-electron chi connectivity index (χ2n) is 4.09. The Morgan fingerprint density at radius 3 is 2.40 bits per heavy atom. The Bertz CT molecular complexity index is 670. The highest BCUT2D eigenvalue weighted by atomic mass is 35.5. The van der Waals surface area contributed by atoms with E-state index in [1.165, 1.54) is 18.3 Å². The number of anilines is 1. The summed E-state index contributed by atoms with van der Waals surface area (Å²) in [6, 6.07) is 9.61. The number of aromatic nitrogens is 1. The summed E-state index contributed by atoms with van der Waals surface area (Å²) >= 11 is 5.62. The zero-order valence-electron chi connectivity index (χ0n) is 10.5. The van der Waals surface area contributed by atoms with Crippen LogP contribution in [-0.4, -0.2) is 25.1 Å². The van der Waals surface area contributed by atoms with Gasteiger partial charge >= 0.3 is 0 Å². The molecule has 1 heterocycles. The third-order valence-electron chi connectivity index (χ3n) is 2.62. The number of aliphatic hydroxyl groups excluding tert-OH is 1. The summed E-state index contributed by atoms with van der Waals surface area (Å²) in [4.78, 5) is 3.79. The van der Waals surface area contributed by atoms with E-state index in [2.05, 4.69) is 9.71 Å². The summed E-state index contributed by atoms with van der Waals surface area (Å²) in [5.41, 5.74) is 1.38. The maximum absolute atomic E-state index is 12.1. The fourth-order valence-electron chi connectivity index (χ4n) is 1.60. The van der Waals surface area contributed by atoms with E-state index in [9.17, 15) is 8.42 Å². The van der Waals surface area contributed by atoms with Gasteiger partial charge in [-0.1, -0.05) is 23.7 Å². The number of pyridine rings is 1. The summed E-state index contributed by atoms with van der Waals surface area (Å²) in [6.45, 7) is 0.0571. The Morgan fingerprint density at radius 1 is 1.15 bits per heavy atom. The zero-order chi connectivity index (χ0) is 14.6. The number of benzene rings is 1. The van der Waals surface area contributed by atoms with E-state index in [0.717, 1.165) is 5.56 Å². The number of rotatable bonds is 5. The van der Waals surface area contributed by atoms with Gasteiger partial charge in [0.25, 0.3) is 10.0 Å². The molecule has 0 aliphatic carbocycles. The molecule has 2 aromatic rings. The Morgan fingerprint density at radius 2 is 1.85 bits per heavy atom. The fourth-order valence-corrected chi connectivity index (χ4v) is 2.72. The number of nitrogens with zero attached hydrogens (tertiary/aromatic N) is 1. The van der Waals surface area contributed by atoms with Crippen LogP contribution in [0.1, 0.15) is 5.56 Å². The van der Waals surface area contributed by atoms with Crippen molar-refractivity contribution in [3.63, 3.8) is 0 Å². The normalized spacial score (nSPS) is 11.3. The highest BCUT2D eigenvalue weighted by Gasteiger charge is 2.14. The molecule has 0 saturated heterocycles. The molecule has 106 valence electrons. The highest BCUT2D eigenvalue weighted by Crippen LogP contribution is 2.17. The average molecular weight is 313 g/mol. The minimum Gasteiger partial charge on any atom is -0.396 e. The topological polar surface area (TPSA) is 79.3 Å². The maximum Gasteiger partial charge on any atom is 0.263 e. The van der Waals surface area contributed by atoms with Crippen LogP contribution in [0.5, 0.6) is 0 Å². The molecule has 1 aromatic carbocycles. The van der Waals surface area contributed by atoms with Crippen LogP contribution in [0.3, 0.4) is 0 Å². The molecule has 0 unspecified atom stereocenters. The van der Waals surface area contributed by atoms with Gasteiger partial charge in [0.1, 0.15) is 10.0 Å². The molecule has 0 radical (unpaired) electrons. The van der Waals surface area contributed by atoms with Gasteiger partial charge in [0.15, 0.2) is 0 Å². The van der Waals surface area contributed by atoms with Crippen LogP contribution in [0.4, 0.5) is 5.69 Å². The van der Waals surface area contributed by atoms with Gasteiger partial charge in [-0.05, 0) is 36.2 Å². The van der Waals surface area contributed by atoms with Crippen LogP contribution < -0.4 is 4.72 Å². The first-order chi connectivity index (χ1) is 9.51. The molecule has 5 nitrogen and oxygen atoms in total. The summed E-state index contributed by atoms with van der Waals surface area (Å²) in [5.74, 6) is 0. The molecule has 0 aliphatic heterocycles. The van der Waals surface area contributed by atoms with Crippen molar-refractivity contribution in [3.05, 3.63) is 53.3 Å². The molecule has 0 bridgehead atoms. The second kappa shape index (κ2) is 6.21. The first-order valence-corrected chi connectivity index (χ1v) is 7.71. The first-order valence-electron chi connectivity index (χ1n) is 5.85. The standard InChI is InChI=1S/C13H13ClN2O3S/c14-13-6-5-12(9-15-13)20(18,19)16-11-3-1-10(2-4-11)7-8-17/h1-6,9,16-17H,7-8H2. The van der Waals surface area contributed by atoms with Crippen molar-refractivity contribution in [2.45, 2.75) is 11.3 Å². The first kappa shape index (κ1) is 14.8. The summed E-state index contributed by atoms with van der Waals surface area (Å²) in [7, 11) is -3.68. The lowest BCUT2D eigenvalue weighted by Crippen LogP contribution is -2.13. The van der Waals surface area contributed by atoms with Crippen molar-refractivity contribution in [2.75, 3.05) is 11.3 Å². The van der Waals surface area contributed by atoms with Crippen molar-refractivity contribution in [3.8, 4) is 0 Å². The van der Waals surface area contributed by atoms with Crippen LogP contribution in [0.15, 0.2) is 47.5 Å². The number of aliphatic hydroxyl groups is 1. The fraction of sp³-hybridized carbons (Fsp3) is 0.154. The molecule has 2 rings (SSSR count). The van der Waals surface area contributed by atoms with E-state index in [1.54, 1.807) is 24.3 Å². The molecule has 0 amide bonds. The molecular weight excluding hydrogens is 300 g/mol. The average Bonchev–Trinajstić information content (AvgIpc) is 2.41. The molecule has 0 aliphatic rings. The van der Waals surface area contributed by atoms with Gasteiger partial charge in [0.2, 0.25) is 0 Å². The predicted molar refractivity (Wildman–Crippen MR) is 77.3 cm³/mol. The third kappa shape index (κ3) is 3.69. The Balaban J connectivity index is 2.17. The molecule has 7 heteroatoms. The number of hydrogen-bond donors (Lipinski definition) is 2. The Kier molecular flexibility index (Phi) is 4.59. The van der Waals surface area contributed by atoms with Crippen molar-refractivity contribution >= 4 is 27.3 Å². The molecule has 2 N–H and O–H groups in total. The van der Waals surface area contributed by atoms with Crippen molar-refractivity contribution in [1.82, 2.24) is 4.98 Å². The SMILES string of the molecule is O=S(=O)(Nc1ccc(CCO)cc1)c1ccc(Cl)nc1. The van der Waals surface area contributed by atoms with Gasteiger partial charge in [-0.3, -0.25) is 4.72 Å². The van der Waals surface area contributed by atoms with Crippen molar-refractivity contribution < 1.29 is 13.5 Å². The summed E-state index contributed by atoms with van der Waals surface area (Å²) < 4.78 is 26.6. The van der Waals surface area contributed by atoms with Crippen molar-refractivity contribution in [2.24, 2.45) is 0 Å². The second-order valence-corrected chi connectivity index (χ2v) is 6.16. The molecule has 1 aromatic heterocycles. The van der Waals surface area contributed by atoms with E-state index in [4.69, 9.17) is 16.7 Å². The number of sulfonamides is 1. The van der Waals surface area contributed by atoms with Gasteiger partial charge in [0, 0.05) is 18.5 Å².